The van der Waals surface area contributed by atoms with Crippen molar-refractivity contribution in [3.05, 3.63) is 35.4 Å². The van der Waals surface area contributed by atoms with E-state index in [4.69, 9.17) is 5.73 Å². The second-order valence-corrected chi connectivity index (χ2v) is 2.90. The quantitative estimate of drug-likeness (QED) is 0.714. The number of nitrogens with two attached hydrogens (primary N) is 1. The number of hydrogen-bond acceptors (Lipinski definition) is 1. The zero-order valence-electron chi connectivity index (χ0n) is 6.18. The van der Waals surface area contributed by atoms with Gasteiger partial charge in [0.05, 0.1) is 4.99 Å². The second-order valence-electron chi connectivity index (χ2n) is 2.38. The molecule has 0 aliphatic rings. The summed E-state index contributed by atoms with van der Waals surface area (Å²) in [5.41, 5.74) is 5.53. The maximum absolute atomic E-state index is 12.9. The second kappa shape index (κ2) is 3.58. The fraction of sp³-hybridized carbons (Fsp3) is 0.125. The van der Waals surface area contributed by atoms with Crippen LogP contribution in [0.3, 0.4) is 0 Å². The van der Waals surface area contributed by atoms with E-state index in [1.54, 1.807) is 0 Å². The van der Waals surface area contributed by atoms with Crippen molar-refractivity contribution in [3.8, 4) is 0 Å². The monoisotopic (exact) mass is 187 g/mol. The van der Waals surface area contributed by atoms with E-state index in [-0.39, 0.29) is 11.4 Å². The molecule has 0 bridgehead atoms. The summed E-state index contributed by atoms with van der Waals surface area (Å²) in [6.07, 6.45) is 0.168. The van der Waals surface area contributed by atoms with Gasteiger partial charge in [0.2, 0.25) is 0 Å². The average Bonchev–Trinajstić information content (AvgIpc) is 1.94. The summed E-state index contributed by atoms with van der Waals surface area (Å²) in [6, 6.07) is 3.33. The fourth-order valence-electron chi connectivity index (χ4n) is 0.853. The molecular weight excluding hydrogens is 180 g/mol. The van der Waals surface area contributed by atoms with E-state index in [0.717, 1.165) is 6.07 Å². The summed E-state index contributed by atoms with van der Waals surface area (Å²) >= 11 is 4.59. The molecule has 4 heteroatoms. The molecule has 0 radical (unpaired) electrons. The molecule has 0 aliphatic carbocycles. The van der Waals surface area contributed by atoms with Crippen LogP contribution in [0, 0.1) is 11.6 Å². The van der Waals surface area contributed by atoms with Gasteiger partial charge in [-0.3, -0.25) is 0 Å². The highest BCUT2D eigenvalue weighted by atomic mass is 32.1. The van der Waals surface area contributed by atoms with E-state index < -0.39 is 11.6 Å². The summed E-state index contributed by atoms with van der Waals surface area (Å²) in [6.45, 7) is 0. The molecular formula is C8H7F2NS. The number of hydrogen-bond donors (Lipinski definition) is 1. The third-order valence-corrected chi connectivity index (χ3v) is 1.52. The summed E-state index contributed by atoms with van der Waals surface area (Å²) in [7, 11) is 0. The standard InChI is InChI=1S/C8H7F2NS/c9-6-2-1-5(3-8(11)12)7(10)4-6/h1-2,4H,3H2,(H2,11,12). The first-order chi connectivity index (χ1) is 5.59. The van der Waals surface area contributed by atoms with Gasteiger partial charge in [-0.2, -0.15) is 0 Å². The molecule has 0 heterocycles. The summed E-state index contributed by atoms with van der Waals surface area (Å²) in [5.74, 6) is -1.21. The van der Waals surface area contributed by atoms with Crippen LogP contribution in [-0.4, -0.2) is 4.99 Å². The predicted octanol–water partition coefficient (Wildman–Crippen LogP) is 1.79. The molecule has 0 aliphatic heterocycles. The Morgan fingerprint density at radius 1 is 1.42 bits per heavy atom. The number of rotatable bonds is 2. The molecule has 0 amide bonds. The summed E-state index contributed by atoms with van der Waals surface area (Å²) in [5, 5.41) is 0. The fourth-order valence-corrected chi connectivity index (χ4v) is 1.01. The Balaban J connectivity index is 2.93. The van der Waals surface area contributed by atoms with Crippen LogP contribution in [0.5, 0.6) is 0 Å². The Bertz CT molecular complexity index is 312. The van der Waals surface area contributed by atoms with Crippen molar-refractivity contribution >= 4 is 17.2 Å². The van der Waals surface area contributed by atoms with Crippen LogP contribution in [0.15, 0.2) is 18.2 Å². The van der Waals surface area contributed by atoms with E-state index in [0.29, 0.717) is 5.56 Å². The molecule has 0 atom stereocenters. The van der Waals surface area contributed by atoms with E-state index in [1.807, 2.05) is 0 Å². The molecule has 2 N–H and O–H groups in total. The van der Waals surface area contributed by atoms with Crippen molar-refractivity contribution in [1.29, 1.82) is 0 Å². The molecule has 1 aromatic carbocycles. The molecule has 0 spiro atoms. The topological polar surface area (TPSA) is 26.0 Å². The Labute approximate surface area is 74.2 Å². The molecule has 1 rings (SSSR count). The number of thiocarbonyl (C=S) groups is 1. The third kappa shape index (κ3) is 2.23. The first kappa shape index (κ1) is 9.06. The molecule has 0 saturated heterocycles. The van der Waals surface area contributed by atoms with E-state index in [1.165, 1.54) is 12.1 Å². The lowest BCUT2D eigenvalue weighted by Gasteiger charge is -2.00. The van der Waals surface area contributed by atoms with Crippen molar-refractivity contribution in [2.24, 2.45) is 5.73 Å². The van der Waals surface area contributed by atoms with Gasteiger partial charge in [0, 0.05) is 12.5 Å². The van der Waals surface area contributed by atoms with Gasteiger partial charge in [-0.05, 0) is 11.6 Å². The lowest BCUT2D eigenvalue weighted by atomic mass is 10.1. The van der Waals surface area contributed by atoms with Gasteiger partial charge in [-0.25, -0.2) is 8.78 Å². The van der Waals surface area contributed by atoms with Gasteiger partial charge in [0.15, 0.2) is 0 Å². The number of benzene rings is 1. The first-order valence-corrected chi connectivity index (χ1v) is 3.72. The Morgan fingerprint density at radius 2 is 2.08 bits per heavy atom. The zero-order chi connectivity index (χ0) is 9.14. The molecule has 0 fully saturated rings. The van der Waals surface area contributed by atoms with Crippen LogP contribution >= 0.6 is 12.2 Å². The van der Waals surface area contributed by atoms with Crippen LogP contribution in [0.4, 0.5) is 8.78 Å². The minimum Gasteiger partial charge on any atom is -0.393 e. The Hall–Kier alpha value is -1.03. The van der Waals surface area contributed by atoms with Gasteiger partial charge in [-0.15, -0.1) is 0 Å². The van der Waals surface area contributed by atoms with Gasteiger partial charge in [0.25, 0.3) is 0 Å². The SMILES string of the molecule is NC(=S)Cc1ccc(F)cc1F. The largest absolute Gasteiger partial charge is 0.393 e. The average molecular weight is 187 g/mol. The molecule has 0 saturated carbocycles. The van der Waals surface area contributed by atoms with Gasteiger partial charge >= 0.3 is 0 Å². The summed E-state index contributed by atoms with van der Waals surface area (Å²) < 4.78 is 25.2. The molecule has 1 aromatic rings. The molecule has 0 unspecified atom stereocenters. The van der Waals surface area contributed by atoms with Crippen LogP contribution in [0.2, 0.25) is 0 Å². The van der Waals surface area contributed by atoms with E-state index in [2.05, 4.69) is 12.2 Å². The minimum absolute atomic E-state index is 0.168. The van der Waals surface area contributed by atoms with Gasteiger partial charge in [0.1, 0.15) is 11.6 Å². The highest BCUT2D eigenvalue weighted by Crippen LogP contribution is 2.09. The van der Waals surface area contributed by atoms with Crippen LogP contribution in [0.1, 0.15) is 5.56 Å². The Kier molecular flexibility index (Phi) is 2.70. The maximum Gasteiger partial charge on any atom is 0.129 e. The highest BCUT2D eigenvalue weighted by Gasteiger charge is 2.03. The van der Waals surface area contributed by atoms with Crippen molar-refractivity contribution in [2.75, 3.05) is 0 Å². The first-order valence-electron chi connectivity index (χ1n) is 3.32. The highest BCUT2D eigenvalue weighted by molar-refractivity contribution is 7.80. The Morgan fingerprint density at radius 3 is 2.58 bits per heavy atom. The smallest absolute Gasteiger partial charge is 0.129 e. The zero-order valence-corrected chi connectivity index (χ0v) is 7.00. The van der Waals surface area contributed by atoms with E-state index in [9.17, 15) is 8.78 Å². The lowest BCUT2D eigenvalue weighted by molar-refractivity contribution is 0.576. The van der Waals surface area contributed by atoms with Crippen LogP contribution < -0.4 is 5.73 Å². The van der Waals surface area contributed by atoms with Gasteiger partial charge < -0.3 is 5.73 Å². The van der Waals surface area contributed by atoms with Crippen molar-refractivity contribution < 1.29 is 8.78 Å². The molecule has 1 nitrogen and oxygen atoms in total. The van der Waals surface area contributed by atoms with Crippen molar-refractivity contribution in [2.45, 2.75) is 6.42 Å². The third-order valence-electron chi connectivity index (χ3n) is 1.38. The van der Waals surface area contributed by atoms with Crippen molar-refractivity contribution in [1.82, 2.24) is 0 Å². The van der Waals surface area contributed by atoms with Crippen molar-refractivity contribution in [3.63, 3.8) is 0 Å². The molecule has 64 valence electrons. The number of halogens is 2. The van der Waals surface area contributed by atoms with E-state index >= 15 is 0 Å². The van der Waals surface area contributed by atoms with Crippen LogP contribution in [-0.2, 0) is 6.42 Å². The maximum atomic E-state index is 12.9. The predicted molar refractivity (Wildman–Crippen MR) is 46.8 cm³/mol. The van der Waals surface area contributed by atoms with Gasteiger partial charge in [-0.1, -0.05) is 18.3 Å². The molecule has 0 aromatic heterocycles. The lowest BCUT2D eigenvalue weighted by Crippen LogP contribution is -2.12. The summed E-state index contributed by atoms with van der Waals surface area (Å²) in [4.78, 5) is 0.195. The normalized spacial score (nSPS) is 9.83. The van der Waals surface area contributed by atoms with Crippen LogP contribution in [0.25, 0.3) is 0 Å². The molecule has 12 heavy (non-hydrogen) atoms. The minimum atomic E-state index is -0.609.